The van der Waals surface area contributed by atoms with Gasteiger partial charge < -0.3 is 9.84 Å². The van der Waals surface area contributed by atoms with Crippen LogP contribution in [0.15, 0.2) is 6.20 Å². The molecule has 0 atom stereocenters. The van der Waals surface area contributed by atoms with Crippen LogP contribution < -0.4 is 0 Å². The van der Waals surface area contributed by atoms with Crippen LogP contribution in [0.25, 0.3) is 0 Å². The molecule has 0 fully saturated rings. The van der Waals surface area contributed by atoms with Crippen LogP contribution in [0.4, 0.5) is 8.78 Å². The van der Waals surface area contributed by atoms with E-state index in [-0.39, 0.29) is 17.6 Å². The Morgan fingerprint density at radius 1 is 1.65 bits per heavy atom. The summed E-state index contributed by atoms with van der Waals surface area (Å²) < 4.78 is 30.4. The predicted octanol–water partition coefficient (Wildman–Crippen LogP) is 2.80. The molecule has 0 unspecified atom stereocenters. The number of alkyl halides is 3. The lowest BCUT2D eigenvalue weighted by molar-refractivity contribution is 0.0510. The van der Waals surface area contributed by atoms with E-state index in [0.29, 0.717) is 0 Å². The summed E-state index contributed by atoms with van der Waals surface area (Å²) in [4.78, 5) is 15.1. The van der Waals surface area contributed by atoms with Gasteiger partial charge in [-0.3, -0.25) is 4.98 Å². The van der Waals surface area contributed by atoms with E-state index in [0.717, 1.165) is 6.20 Å². The van der Waals surface area contributed by atoms with Crippen LogP contribution in [0.2, 0.25) is 0 Å². The molecule has 0 saturated heterocycles. The van der Waals surface area contributed by atoms with Crippen LogP contribution in [-0.2, 0) is 10.1 Å². The van der Waals surface area contributed by atoms with Crippen LogP contribution in [0, 0.1) is 0 Å². The third kappa shape index (κ3) is 2.91. The number of pyridine rings is 1. The SMILES string of the molecule is CCOC(=O)c1c(O)cnc(CBr)c1C(F)F. The van der Waals surface area contributed by atoms with Gasteiger partial charge in [0, 0.05) is 5.33 Å². The summed E-state index contributed by atoms with van der Waals surface area (Å²) in [5.74, 6) is -1.59. The molecule has 1 aromatic rings. The van der Waals surface area contributed by atoms with Crippen molar-refractivity contribution in [1.82, 2.24) is 4.98 Å². The van der Waals surface area contributed by atoms with Gasteiger partial charge in [0.15, 0.2) is 0 Å². The van der Waals surface area contributed by atoms with E-state index in [2.05, 4.69) is 25.7 Å². The second kappa shape index (κ2) is 5.90. The molecule has 7 heteroatoms. The molecular formula is C10H10BrF2NO3. The highest BCUT2D eigenvalue weighted by Gasteiger charge is 2.27. The van der Waals surface area contributed by atoms with Crippen LogP contribution >= 0.6 is 15.9 Å². The number of ether oxygens (including phenoxy) is 1. The average molecular weight is 310 g/mol. The smallest absolute Gasteiger partial charge is 0.342 e. The van der Waals surface area contributed by atoms with E-state index in [9.17, 15) is 18.7 Å². The van der Waals surface area contributed by atoms with Crippen molar-refractivity contribution in [2.45, 2.75) is 18.7 Å². The van der Waals surface area contributed by atoms with E-state index in [1.807, 2.05) is 0 Å². The van der Waals surface area contributed by atoms with Gasteiger partial charge >= 0.3 is 5.97 Å². The summed E-state index contributed by atoms with van der Waals surface area (Å²) in [6.45, 7) is 1.58. The lowest BCUT2D eigenvalue weighted by Gasteiger charge is -2.12. The Kier molecular flexibility index (Phi) is 4.80. The maximum Gasteiger partial charge on any atom is 0.342 e. The molecule has 0 radical (unpaired) electrons. The number of aromatic hydroxyl groups is 1. The summed E-state index contributed by atoms with van der Waals surface area (Å²) in [6.07, 6.45) is -1.96. The molecule has 0 aliphatic rings. The van der Waals surface area contributed by atoms with Crippen molar-refractivity contribution in [3.63, 3.8) is 0 Å². The van der Waals surface area contributed by atoms with Crippen molar-refractivity contribution >= 4 is 21.9 Å². The van der Waals surface area contributed by atoms with E-state index in [1.165, 1.54) is 0 Å². The Morgan fingerprint density at radius 3 is 2.76 bits per heavy atom. The third-order valence-electron chi connectivity index (χ3n) is 2.00. The first-order valence-electron chi connectivity index (χ1n) is 4.74. The topological polar surface area (TPSA) is 59.4 Å². The molecule has 0 aliphatic carbocycles. The van der Waals surface area contributed by atoms with Gasteiger partial charge in [-0.25, -0.2) is 13.6 Å². The van der Waals surface area contributed by atoms with Crippen molar-refractivity contribution in [3.05, 3.63) is 23.0 Å². The third-order valence-corrected chi connectivity index (χ3v) is 2.53. The number of hydrogen-bond acceptors (Lipinski definition) is 4. The minimum atomic E-state index is -2.92. The average Bonchev–Trinajstić information content (AvgIpc) is 2.28. The van der Waals surface area contributed by atoms with Gasteiger partial charge in [-0.15, -0.1) is 0 Å². The Morgan fingerprint density at radius 2 is 2.29 bits per heavy atom. The lowest BCUT2D eigenvalue weighted by Crippen LogP contribution is -2.12. The van der Waals surface area contributed by atoms with Gasteiger partial charge in [0.2, 0.25) is 0 Å². The second-order valence-electron chi connectivity index (χ2n) is 3.03. The monoisotopic (exact) mass is 309 g/mol. The highest BCUT2D eigenvalue weighted by molar-refractivity contribution is 9.08. The zero-order valence-electron chi connectivity index (χ0n) is 8.91. The number of esters is 1. The van der Waals surface area contributed by atoms with E-state index >= 15 is 0 Å². The minimum absolute atomic E-state index is 0.000790. The first-order valence-corrected chi connectivity index (χ1v) is 5.87. The fourth-order valence-corrected chi connectivity index (χ4v) is 1.76. The van der Waals surface area contributed by atoms with E-state index in [1.54, 1.807) is 6.92 Å². The molecule has 1 aromatic heterocycles. The van der Waals surface area contributed by atoms with Crippen LogP contribution in [0.1, 0.15) is 35.0 Å². The van der Waals surface area contributed by atoms with Gasteiger partial charge in [-0.2, -0.15) is 0 Å². The lowest BCUT2D eigenvalue weighted by atomic mass is 10.1. The Labute approximate surface area is 105 Å². The second-order valence-corrected chi connectivity index (χ2v) is 3.59. The number of carbonyl (C=O) groups excluding carboxylic acids is 1. The fourth-order valence-electron chi connectivity index (χ4n) is 1.31. The molecule has 4 nitrogen and oxygen atoms in total. The zero-order valence-corrected chi connectivity index (χ0v) is 10.5. The molecule has 0 saturated carbocycles. The summed E-state index contributed by atoms with van der Waals surface area (Å²) in [5.41, 5.74) is -1.12. The van der Waals surface area contributed by atoms with Crippen molar-refractivity contribution in [3.8, 4) is 5.75 Å². The largest absolute Gasteiger partial charge is 0.505 e. The van der Waals surface area contributed by atoms with Gasteiger partial charge in [0.25, 0.3) is 6.43 Å². The first kappa shape index (κ1) is 13.8. The first-order chi connectivity index (χ1) is 8.02. The molecular weight excluding hydrogens is 300 g/mol. The quantitative estimate of drug-likeness (QED) is 0.686. The van der Waals surface area contributed by atoms with E-state index in [4.69, 9.17) is 0 Å². The number of carbonyl (C=O) groups is 1. The number of hydrogen-bond donors (Lipinski definition) is 1. The van der Waals surface area contributed by atoms with Gasteiger partial charge in [0.05, 0.1) is 24.1 Å². The number of halogens is 3. The molecule has 17 heavy (non-hydrogen) atoms. The summed E-state index contributed by atoms with van der Waals surface area (Å²) >= 11 is 2.99. The van der Waals surface area contributed by atoms with Crippen LogP contribution in [0.5, 0.6) is 5.75 Å². The molecule has 0 aliphatic heterocycles. The number of nitrogens with zero attached hydrogens (tertiary/aromatic N) is 1. The number of rotatable bonds is 4. The maximum atomic E-state index is 12.9. The highest BCUT2D eigenvalue weighted by atomic mass is 79.9. The maximum absolute atomic E-state index is 12.9. The van der Waals surface area contributed by atoms with Gasteiger partial charge in [-0.1, -0.05) is 15.9 Å². The molecule has 0 spiro atoms. The molecule has 94 valence electrons. The van der Waals surface area contributed by atoms with Crippen molar-refractivity contribution < 1.29 is 23.4 Å². The van der Waals surface area contributed by atoms with Gasteiger partial charge in [-0.05, 0) is 6.92 Å². The Hall–Kier alpha value is -1.24. The Bertz CT molecular complexity index is 426. The predicted molar refractivity (Wildman–Crippen MR) is 59.4 cm³/mol. The summed E-state index contributed by atoms with van der Waals surface area (Å²) in [6, 6.07) is 0. The van der Waals surface area contributed by atoms with Crippen LogP contribution in [0.3, 0.4) is 0 Å². The molecule has 0 aromatic carbocycles. The molecule has 1 N–H and O–H groups in total. The van der Waals surface area contributed by atoms with E-state index < -0.39 is 29.3 Å². The minimum Gasteiger partial charge on any atom is -0.505 e. The summed E-state index contributed by atoms with van der Waals surface area (Å²) in [5, 5.41) is 9.50. The van der Waals surface area contributed by atoms with Gasteiger partial charge in [0.1, 0.15) is 11.3 Å². The van der Waals surface area contributed by atoms with Crippen LogP contribution in [-0.4, -0.2) is 22.7 Å². The van der Waals surface area contributed by atoms with Crippen molar-refractivity contribution in [2.24, 2.45) is 0 Å². The summed E-state index contributed by atoms with van der Waals surface area (Å²) in [7, 11) is 0. The zero-order chi connectivity index (χ0) is 13.0. The molecule has 1 rings (SSSR count). The normalized spacial score (nSPS) is 10.6. The fraction of sp³-hybridized carbons (Fsp3) is 0.400. The Balaban J connectivity index is 3.38. The molecule has 1 heterocycles. The highest BCUT2D eigenvalue weighted by Crippen LogP contribution is 2.32. The van der Waals surface area contributed by atoms with Crippen molar-refractivity contribution in [1.29, 1.82) is 0 Å². The number of aromatic nitrogens is 1. The standard InChI is InChI=1S/C10H10BrF2NO3/c1-2-17-10(16)8-6(15)4-14-5(3-11)7(8)9(12)13/h4,9,15H,2-3H2,1H3. The molecule has 0 amide bonds. The molecule has 0 bridgehead atoms. The van der Waals surface area contributed by atoms with Crippen molar-refractivity contribution in [2.75, 3.05) is 6.61 Å².